The molecule has 0 spiro atoms. The third-order valence-corrected chi connectivity index (χ3v) is 5.75. The summed E-state index contributed by atoms with van der Waals surface area (Å²) in [5.41, 5.74) is -0.209. The molecule has 1 fully saturated rings. The van der Waals surface area contributed by atoms with Crippen molar-refractivity contribution < 1.29 is 33.5 Å². The number of hydrogen-bond acceptors (Lipinski definition) is 8. The number of halogens is 1. The molecule has 3 amide bonds. The summed E-state index contributed by atoms with van der Waals surface area (Å²) in [6.07, 6.45) is -1.20. The van der Waals surface area contributed by atoms with E-state index in [1.807, 2.05) is 6.92 Å². The summed E-state index contributed by atoms with van der Waals surface area (Å²) in [6.45, 7) is 2.09. The van der Waals surface area contributed by atoms with Gasteiger partial charge in [0.25, 0.3) is 17.5 Å². The lowest BCUT2D eigenvalue weighted by Gasteiger charge is -2.30. The van der Waals surface area contributed by atoms with Crippen LogP contribution in [-0.4, -0.2) is 67.2 Å². The van der Waals surface area contributed by atoms with Gasteiger partial charge in [0, 0.05) is 25.8 Å². The number of nitro groups is 1. The first-order chi connectivity index (χ1) is 16.7. The Kier molecular flexibility index (Phi) is 8.39. The van der Waals surface area contributed by atoms with Crippen LogP contribution in [0.2, 0.25) is 5.02 Å². The molecule has 35 heavy (non-hydrogen) atoms. The molecule has 3 rings (SSSR count). The van der Waals surface area contributed by atoms with E-state index in [0.29, 0.717) is 18.0 Å². The zero-order valence-electron chi connectivity index (χ0n) is 19.3. The molecule has 1 saturated heterocycles. The van der Waals surface area contributed by atoms with Gasteiger partial charge in [-0.25, -0.2) is 4.90 Å². The SMILES string of the molecule is CCOc1ccc(N2C(=O)CC(N(CC(OC)OC)C(=O)c3ccc(Cl)c([N+](=O)[O-])c3)C2=O)cc1. The topological polar surface area (TPSA) is 129 Å². The molecule has 0 N–H and O–H groups in total. The highest BCUT2D eigenvalue weighted by Crippen LogP contribution is 2.30. The Morgan fingerprint density at radius 2 is 1.86 bits per heavy atom. The smallest absolute Gasteiger partial charge is 0.288 e. The highest BCUT2D eigenvalue weighted by atomic mass is 35.5. The first kappa shape index (κ1) is 26.1. The molecule has 1 unspecified atom stereocenters. The van der Waals surface area contributed by atoms with Crippen molar-refractivity contribution >= 4 is 40.7 Å². The molecule has 2 aromatic carbocycles. The van der Waals surface area contributed by atoms with E-state index < -0.39 is 40.7 Å². The number of benzene rings is 2. The second-order valence-corrected chi connectivity index (χ2v) is 7.90. The normalized spacial score (nSPS) is 15.6. The number of hydrogen-bond donors (Lipinski definition) is 0. The molecule has 12 heteroatoms. The van der Waals surface area contributed by atoms with Crippen molar-refractivity contribution in [3.63, 3.8) is 0 Å². The minimum absolute atomic E-state index is 0.0770. The van der Waals surface area contributed by atoms with Crippen LogP contribution in [0.4, 0.5) is 11.4 Å². The number of nitrogens with zero attached hydrogens (tertiary/aromatic N) is 3. The molecule has 0 aliphatic carbocycles. The monoisotopic (exact) mass is 505 g/mol. The molecule has 1 aliphatic rings. The Labute approximate surface area is 206 Å². The van der Waals surface area contributed by atoms with Gasteiger partial charge < -0.3 is 19.1 Å². The van der Waals surface area contributed by atoms with Crippen LogP contribution in [-0.2, 0) is 19.1 Å². The zero-order valence-corrected chi connectivity index (χ0v) is 20.1. The van der Waals surface area contributed by atoms with E-state index >= 15 is 0 Å². The van der Waals surface area contributed by atoms with E-state index in [0.717, 1.165) is 15.9 Å². The van der Waals surface area contributed by atoms with Crippen LogP contribution in [0.25, 0.3) is 0 Å². The number of amides is 3. The zero-order chi connectivity index (χ0) is 25.7. The van der Waals surface area contributed by atoms with Crippen LogP contribution >= 0.6 is 11.6 Å². The van der Waals surface area contributed by atoms with Gasteiger partial charge in [0.2, 0.25) is 5.91 Å². The van der Waals surface area contributed by atoms with E-state index in [2.05, 4.69) is 0 Å². The van der Waals surface area contributed by atoms with Crippen molar-refractivity contribution in [2.24, 2.45) is 0 Å². The Hall–Kier alpha value is -3.54. The molecule has 0 aromatic heterocycles. The second-order valence-electron chi connectivity index (χ2n) is 7.50. The molecular formula is C23H24ClN3O8. The number of ether oxygens (including phenoxy) is 3. The maximum Gasteiger partial charge on any atom is 0.288 e. The van der Waals surface area contributed by atoms with Crippen molar-refractivity contribution in [3.8, 4) is 5.75 Å². The number of anilines is 1. The molecular weight excluding hydrogens is 482 g/mol. The summed E-state index contributed by atoms with van der Waals surface area (Å²) < 4.78 is 15.8. The summed E-state index contributed by atoms with van der Waals surface area (Å²) in [5, 5.41) is 11.2. The van der Waals surface area contributed by atoms with Crippen LogP contribution < -0.4 is 9.64 Å². The number of methoxy groups -OCH3 is 2. The summed E-state index contributed by atoms with van der Waals surface area (Å²) in [6, 6.07) is 8.80. The lowest BCUT2D eigenvalue weighted by molar-refractivity contribution is -0.384. The minimum Gasteiger partial charge on any atom is -0.494 e. The van der Waals surface area contributed by atoms with Crippen LogP contribution in [0.3, 0.4) is 0 Å². The standard InChI is InChI=1S/C23H24ClN3O8/c1-4-35-16-8-6-15(7-9-16)26-20(28)12-19(23(26)30)25(13-21(33-2)34-3)22(29)14-5-10-17(24)18(11-14)27(31)32/h5-11,19,21H,4,12-13H2,1-3H3. The molecule has 2 aromatic rings. The van der Waals surface area contributed by atoms with Crippen molar-refractivity contribution in [2.45, 2.75) is 25.7 Å². The van der Waals surface area contributed by atoms with Crippen molar-refractivity contribution in [1.29, 1.82) is 0 Å². The predicted molar refractivity (Wildman–Crippen MR) is 125 cm³/mol. The van der Waals surface area contributed by atoms with E-state index in [1.165, 1.54) is 26.4 Å². The van der Waals surface area contributed by atoms with Gasteiger partial charge in [-0.15, -0.1) is 0 Å². The molecule has 186 valence electrons. The summed E-state index contributed by atoms with van der Waals surface area (Å²) >= 11 is 5.87. The average Bonchev–Trinajstić information content (AvgIpc) is 3.14. The van der Waals surface area contributed by atoms with Crippen LogP contribution in [0.5, 0.6) is 5.75 Å². The maximum atomic E-state index is 13.4. The van der Waals surface area contributed by atoms with Crippen LogP contribution in [0.15, 0.2) is 42.5 Å². The highest BCUT2D eigenvalue weighted by Gasteiger charge is 2.45. The van der Waals surface area contributed by atoms with Crippen molar-refractivity contribution in [2.75, 3.05) is 32.3 Å². The summed E-state index contributed by atoms with van der Waals surface area (Å²) in [5.74, 6) is -1.27. The lowest BCUT2D eigenvalue weighted by atomic mass is 10.1. The number of carbonyl (C=O) groups is 3. The van der Waals surface area contributed by atoms with E-state index in [1.54, 1.807) is 24.3 Å². The molecule has 0 radical (unpaired) electrons. The second kappa shape index (κ2) is 11.3. The van der Waals surface area contributed by atoms with Crippen molar-refractivity contribution in [1.82, 2.24) is 4.90 Å². The van der Waals surface area contributed by atoms with Gasteiger partial charge in [-0.2, -0.15) is 0 Å². The van der Waals surface area contributed by atoms with Gasteiger partial charge in [-0.3, -0.25) is 24.5 Å². The minimum atomic E-state index is -1.18. The fourth-order valence-electron chi connectivity index (χ4n) is 3.70. The van der Waals surface area contributed by atoms with Gasteiger partial charge in [-0.1, -0.05) is 11.6 Å². The highest BCUT2D eigenvalue weighted by molar-refractivity contribution is 6.32. The van der Waals surface area contributed by atoms with Crippen molar-refractivity contribution in [3.05, 3.63) is 63.2 Å². The van der Waals surface area contributed by atoms with Gasteiger partial charge in [-0.05, 0) is 43.3 Å². The van der Waals surface area contributed by atoms with Crippen LogP contribution in [0.1, 0.15) is 23.7 Å². The summed E-state index contributed by atoms with van der Waals surface area (Å²) in [4.78, 5) is 52.4. The quantitative estimate of drug-likeness (QED) is 0.208. The first-order valence-corrected chi connectivity index (χ1v) is 11.0. The number of imide groups is 1. The Balaban J connectivity index is 1.96. The van der Waals surface area contributed by atoms with Gasteiger partial charge in [0.1, 0.15) is 16.8 Å². The van der Waals surface area contributed by atoms with E-state index in [-0.39, 0.29) is 23.6 Å². The molecule has 1 aliphatic heterocycles. The Morgan fingerprint density at radius 1 is 1.20 bits per heavy atom. The molecule has 0 saturated carbocycles. The van der Waals surface area contributed by atoms with E-state index in [4.69, 9.17) is 25.8 Å². The largest absolute Gasteiger partial charge is 0.494 e. The first-order valence-electron chi connectivity index (χ1n) is 10.6. The van der Waals surface area contributed by atoms with Gasteiger partial charge >= 0.3 is 0 Å². The Bertz CT molecular complexity index is 1120. The fourth-order valence-corrected chi connectivity index (χ4v) is 3.88. The third kappa shape index (κ3) is 5.59. The maximum absolute atomic E-state index is 13.4. The van der Waals surface area contributed by atoms with Gasteiger partial charge in [0.05, 0.1) is 30.2 Å². The van der Waals surface area contributed by atoms with E-state index in [9.17, 15) is 24.5 Å². The number of nitro benzene ring substituents is 1. The lowest BCUT2D eigenvalue weighted by Crippen LogP contribution is -2.49. The number of rotatable bonds is 10. The predicted octanol–water partition coefficient (Wildman–Crippen LogP) is 3.04. The summed E-state index contributed by atoms with van der Waals surface area (Å²) in [7, 11) is 2.72. The Morgan fingerprint density at radius 3 is 2.43 bits per heavy atom. The average molecular weight is 506 g/mol. The molecule has 1 heterocycles. The third-order valence-electron chi connectivity index (χ3n) is 5.43. The molecule has 1 atom stereocenters. The number of carbonyl (C=O) groups excluding carboxylic acids is 3. The van der Waals surface area contributed by atoms with Crippen LogP contribution in [0, 0.1) is 10.1 Å². The van der Waals surface area contributed by atoms with Gasteiger partial charge in [0.15, 0.2) is 6.29 Å². The molecule has 11 nitrogen and oxygen atoms in total. The fraction of sp³-hybridized carbons (Fsp3) is 0.348. The molecule has 0 bridgehead atoms.